The Kier molecular flexibility index (Phi) is 17.2. The predicted octanol–water partition coefficient (Wildman–Crippen LogP) is 8.70. The van der Waals surface area contributed by atoms with Crippen molar-refractivity contribution in [2.45, 2.75) is 168 Å². The number of phosphoric acid groups is 1. The molecule has 0 unspecified atom stereocenters. The zero-order valence-corrected chi connectivity index (χ0v) is 47.5. The van der Waals surface area contributed by atoms with E-state index in [1.165, 1.54) is 0 Å². The number of esters is 1. The first kappa shape index (κ1) is 58.3. The van der Waals surface area contributed by atoms with Gasteiger partial charge in [-0.1, -0.05) is 77.8 Å². The van der Waals surface area contributed by atoms with Crippen molar-refractivity contribution in [3.63, 3.8) is 0 Å². The molecule has 2 aromatic rings. The molecule has 1 heterocycles. The van der Waals surface area contributed by atoms with Gasteiger partial charge in [-0.2, -0.15) is 0 Å². The summed E-state index contributed by atoms with van der Waals surface area (Å²) in [5.74, 6) is -3.04. The molecule has 0 radical (unpaired) electrons. The van der Waals surface area contributed by atoms with Gasteiger partial charge in [-0.3, -0.25) is 42.3 Å². The first-order chi connectivity index (χ1) is 34.9. The summed E-state index contributed by atoms with van der Waals surface area (Å²) in [6.07, 6.45) is 4.93. The SMILES string of the molecule is CC(C)(C)OC(=O)CC[C@H](NC(=O)CNC(=O)CBr)C(=O)Nc1cccc(Cc2ccc([C@@H]3O[C@@H]4C[C@H]5[C@@H]6CCC7=CC(=O)C=C[C@]7(C)[C@H]6[C@@H](O)C[C@]5(C)[C@]4(C(=O)COP(=O)(OC(C)(C)C)OC(C)(C)C)O3)cc2)c1. The quantitative estimate of drug-likeness (QED) is 0.0622. The number of aliphatic hydroxyl groups is 1. The van der Waals surface area contributed by atoms with E-state index in [2.05, 4.69) is 38.8 Å². The van der Waals surface area contributed by atoms with Crippen molar-refractivity contribution < 1.29 is 66.2 Å². The lowest BCUT2D eigenvalue weighted by Crippen LogP contribution is -2.63. The first-order valence-electron chi connectivity index (χ1n) is 25.8. The number of fused-ring (bicyclic) bond motifs is 7. The molecule has 4 N–H and O–H groups in total. The molecule has 19 heteroatoms. The van der Waals surface area contributed by atoms with Gasteiger partial charge in [0.1, 0.15) is 18.2 Å². The summed E-state index contributed by atoms with van der Waals surface area (Å²) in [6, 6.07) is 13.7. The van der Waals surface area contributed by atoms with E-state index in [9.17, 15) is 33.6 Å². The number of alkyl halides is 1. The maximum atomic E-state index is 15.3. The first-order valence-corrected chi connectivity index (χ1v) is 28.4. The molecule has 3 amide bonds. The molecule has 410 valence electrons. The highest BCUT2D eigenvalue weighted by atomic mass is 79.9. The van der Waals surface area contributed by atoms with Crippen LogP contribution in [0.15, 0.2) is 72.3 Å². The molecule has 0 aromatic heterocycles. The van der Waals surface area contributed by atoms with Crippen LogP contribution < -0.4 is 16.0 Å². The molecule has 7 rings (SSSR count). The van der Waals surface area contributed by atoms with Crippen molar-refractivity contribution in [1.29, 1.82) is 0 Å². The van der Waals surface area contributed by atoms with Crippen LogP contribution in [0.4, 0.5) is 5.69 Å². The van der Waals surface area contributed by atoms with Gasteiger partial charge >= 0.3 is 13.8 Å². The molecule has 4 aliphatic carbocycles. The normalized spacial score (nSPS) is 28.7. The van der Waals surface area contributed by atoms with E-state index in [1.807, 2.05) is 49.4 Å². The number of amides is 3. The molecule has 5 aliphatic rings. The van der Waals surface area contributed by atoms with Crippen LogP contribution in [0.2, 0.25) is 0 Å². The molecule has 17 nitrogen and oxygen atoms in total. The Balaban J connectivity index is 1.10. The summed E-state index contributed by atoms with van der Waals surface area (Å²) in [6.45, 7) is 18.6. The van der Waals surface area contributed by atoms with Gasteiger partial charge in [0.15, 0.2) is 23.5 Å². The van der Waals surface area contributed by atoms with E-state index in [-0.39, 0.29) is 54.7 Å². The minimum absolute atomic E-state index is 0.0000290. The fourth-order valence-electron chi connectivity index (χ4n) is 12.1. The number of halogens is 1. The van der Waals surface area contributed by atoms with Crippen LogP contribution in [0.1, 0.15) is 138 Å². The second-order valence-electron chi connectivity index (χ2n) is 24.1. The van der Waals surface area contributed by atoms with Crippen LogP contribution in [0.3, 0.4) is 0 Å². The van der Waals surface area contributed by atoms with Crippen LogP contribution in [-0.2, 0) is 67.5 Å². The Morgan fingerprint density at radius 1 is 0.920 bits per heavy atom. The summed E-state index contributed by atoms with van der Waals surface area (Å²) < 4.78 is 51.4. The fraction of sp³-hybridized carbons (Fsp3) is 0.607. The average molecular weight is 1130 g/mol. The van der Waals surface area contributed by atoms with Gasteiger partial charge in [0.05, 0.1) is 35.3 Å². The van der Waals surface area contributed by atoms with Crippen molar-refractivity contribution >= 4 is 64.7 Å². The smallest absolute Gasteiger partial charge is 0.460 e. The Bertz CT molecular complexity index is 2620. The molecule has 1 aliphatic heterocycles. The number of hydrogen-bond acceptors (Lipinski definition) is 14. The van der Waals surface area contributed by atoms with E-state index >= 15 is 4.79 Å². The zero-order chi connectivity index (χ0) is 55.1. The van der Waals surface area contributed by atoms with E-state index in [4.69, 9.17) is 27.8 Å². The molecule has 0 bridgehead atoms. The number of Topliss-reactive ketones (excluding diaryl/α,β-unsaturated/α-hetero) is 1. The number of ether oxygens (including phenoxy) is 3. The number of carbonyl (C=O) groups is 6. The third kappa shape index (κ3) is 13.3. The van der Waals surface area contributed by atoms with Gasteiger partial charge in [0, 0.05) is 34.4 Å². The van der Waals surface area contributed by atoms with Crippen LogP contribution >= 0.6 is 23.8 Å². The summed E-state index contributed by atoms with van der Waals surface area (Å²) in [4.78, 5) is 78.6. The number of rotatable bonds is 18. The Hall–Kier alpha value is -4.39. The maximum absolute atomic E-state index is 15.3. The number of nitrogens with one attached hydrogen (secondary N) is 3. The largest absolute Gasteiger partial charge is 0.476 e. The van der Waals surface area contributed by atoms with Crippen molar-refractivity contribution in [3.8, 4) is 0 Å². The van der Waals surface area contributed by atoms with E-state index in [1.54, 1.807) is 86.6 Å². The number of anilines is 1. The molecule has 0 spiro atoms. The molecule has 10 atom stereocenters. The number of ketones is 2. The lowest BCUT2D eigenvalue weighted by molar-refractivity contribution is -0.201. The Labute approximate surface area is 449 Å². The molecule has 75 heavy (non-hydrogen) atoms. The van der Waals surface area contributed by atoms with Gasteiger partial charge in [-0.25, -0.2) is 4.57 Å². The number of allylic oxidation sites excluding steroid dienone is 4. The molecule has 2 aromatic carbocycles. The van der Waals surface area contributed by atoms with E-state index < -0.39 is 102 Å². The molecule has 1 saturated heterocycles. The highest BCUT2D eigenvalue weighted by Crippen LogP contribution is 2.71. The van der Waals surface area contributed by atoms with Crippen molar-refractivity contribution in [2.75, 3.05) is 23.8 Å². The van der Waals surface area contributed by atoms with Gasteiger partial charge in [0.2, 0.25) is 17.7 Å². The van der Waals surface area contributed by atoms with Gasteiger partial charge < -0.3 is 35.3 Å². The topological polar surface area (TPSA) is 231 Å². The number of carbonyl (C=O) groups excluding carboxylic acids is 6. The number of phosphoric ester groups is 1. The number of hydrogen-bond donors (Lipinski definition) is 4. The molecular formula is C56H75BrN3O14P. The Morgan fingerprint density at radius 3 is 2.24 bits per heavy atom. The van der Waals surface area contributed by atoms with Crippen LogP contribution in [0.5, 0.6) is 0 Å². The van der Waals surface area contributed by atoms with E-state index in [0.29, 0.717) is 36.9 Å². The summed E-state index contributed by atoms with van der Waals surface area (Å²) >= 11 is 3.04. The van der Waals surface area contributed by atoms with Crippen molar-refractivity contribution in [1.82, 2.24) is 10.6 Å². The van der Waals surface area contributed by atoms with Crippen LogP contribution in [0, 0.1) is 28.6 Å². The maximum Gasteiger partial charge on any atom is 0.476 e. The lowest BCUT2D eigenvalue weighted by Gasteiger charge is -2.59. The summed E-state index contributed by atoms with van der Waals surface area (Å²) in [5.41, 5.74) is -1.90. The lowest BCUT2D eigenvalue weighted by atomic mass is 9.46. The zero-order valence-electron chi connectivity index (χ0n) is 45.0. The second-order valence-corrected chi connectivity index (χ2v) is 26.2. The highest BCUT2D eigenvalue weighted by Gasteiger charge is 2.76. The van der Waals surface area contributed by atoms with Gasteiger partial charge in [-0.15, -0.1) is 0 Å². The number of benzene rings is 2. The van der Waals surface area contributed by atoms with Gasteiger partial charge in [-0.05, 0) is 148 Å². The highest BCUT2D eigenvalue weighted by molar-refractivity contribution is 9.09. The third-order valence-corrected chi connectivity index (χ3v) is 17.4. The molecule has 4 fully saturated rings. The van der Waals surface area contributed by atoms with Crippen molar-refractivity contribution in [2.24, 2.45) is 28.6 Å². The van der Waals surface area contributed by atoms with Crippen molar-refractivity contribution in [3.05, 3.63) is 89.0 Å². The molecular weight excluding hydrogens is 1050 g/mol. The summed E-state index contributed by atoms with van der Waals surface area (Å²) in [7, 11) is -4.34. The number of aliphatic hydroxyl groups excluding tert-OH is 1. The van der Waals surface area contributed by atoms with Crippen LogP contribution in [-0.4, -0.2) is 99.5 Å². The minimum Gasteiger partial charge on any atom is -0.460 e. The predicted molar refractivity (Wildman–Crippen MR) is 283 cm³/mol. The van der Waals surface area contributed by atoms with Gasteiger partial charge in [0.25, 0.3) is 0 Å². The standard InChI is InChI=1S/C56H75BrN3O14P/c1-51(2,3)71-47(66)22-21-41(60-46(65)31-58-45(64)30-57)49(67)59-37-14-12-13-34(26-37)25-33-15-17-35(18-16-33)50-70-44-28-40-39-20-19-36-27-38(61)23-24-54(36,10)48(39)42(62)29-55(40,11)56(44,72-50)43(63)32-69-75(68,73-52(4,5)6)74-53(7,8)9/h12-18,23-24,26-27,39-42,44,48,50,62H,19-22,25,28-32H2,1-11H3,(H,58,64)(H,59,67)(H,60,65)/t39-,40-,41-,42-,44+,48+,50+,54-,55-,56+/m0/s1. The summed E-state index contributed by atoms with van der Waals surface area (Å²) in [5, 5.41) is 20.3. The monoisotopic (exact) mass is 1120 g/mol. The third-order valence-electron chi connectivity index (χ3n) is 14.9. The average Bonchev–Trinajstić information content (AvgIpc) is 3.80. The Morgan fingerprint density at radius 2 is 1.60 bits per heavy atom. The second kappa shape index (κ2) is 22.2. The van der Waals surface area contributed by atoms with Crippen LogP contribution in [0.25, 0.3) is 0 Å². The molecule has 3 saturated carbocycles. The fourth-order valence-corrected chi connectivity index (χ4v) is 14.1. The van der Waals surface area contributed by atoms with E-state index in [0.717, 1.165) is 16.7 Å². The minimum atomic E-state index is -4.34.